The van der Waals surface area contributed by atoms with Gasteiger partial charge in [-0.3, -0.25) is 9.59 Å². The molecule has 4 rings (SSSR count). The monoisotopic (exact) mass is 484 g/mol. The van der Waals surface area contributed by atoms with E-state index < -0.39 is 12.0 Å². The minimum Gasteiger partial charge on any atom is -0.467 e. The molecule has 1 N–H and O–H groups in total. The number of rotatable bonds is 10. The summed E-state index contributed by atoms with van der Waals surface area (Å²) >= 11 is 0. The number of amides is 2. The average molecular weight is 485 g/mol. The van der Waals surface area contributed by atoms with E-state index in [1.54, 1.807) is 0 Å². The topological polar surface area (TPSA) is 75.7 Å². The average Bonchev–Trinajstić information content (AvgIpc) is 3.35. The third-order valence-corrected chi connectivity index (χ3v) is 6.64. The summed E-state index contributed by atoms with van der Waals surface area (Å²) in [5, 5.41) is 2.84. The van der Waals surface area contributed by atoms with Crippen LogP contribution in [-0.4, -0.2) is 42.4 Å². The van der Waals surface area contributed by atoms with Crippen LogP contribution in [0.3, 0.4) is 0 Å². The summed E-state index contributed by atoms with van der Waals surface area (Å²) in [7, 11) is 1.32. The Morgan fingerprint density at radius 2 is 1.56 bits per heavy atom. The van der Waals surface area contributed by atoms with E-state index in [1.165, 1.54) is 7.11 Å². The molecule has 0 spiro atoms. The molecule has 0 bridgehead atoms. The maximum atomic E-state index is 12.9. The molecular formula is C30H32N2O4. The van der Waals surface area contributed by atoms with E-state index in [9.17, 15) is 14.4 Å². The molecule has 186 valence electrons. The van der Waals surface area contributed by atoms with Gasteiger partial charge >= 0.3 is 5.97 Å². The highest BCUT2D eigenvalue weighted by Gasteiger charge is 2.30. The molecule has 0 radical (unpaired) electrons. The molecule has 2 amide bonds. The minimum absolute atomic E-state index is 0.115. The van der Waals surface area contributed by atoms with E-state index in [2.05, 4.69) is 29.6 Å². The lowest BCUT2D eigenvalue weighted by Gasteiger charge is -2.28. The van der Waals surface area contributed by atoms with Crippen molar-refractivity contribution in [3.05, 3.63) is 96.1 Å². The summed E-state index contributed by atoms with van der Waals surface area (Å²) in [6.45, 7) is 0.685. The molecule has 1 saturated heterocycles. The first kappa shape index (κ1) is 25.2. The molecule has 2 atom stereocenters. The van der Waals surface area contributed by atoms with E-state index in [4.69, 9.17) is 4.74 Å². The van der Waals surface area contributed by atoms with Crippen molar-refractivity contribution in [2.45, 2.75) is 44.2 Å². The zero-order valence-corrected chi connectivity index (χ0v) is 20.6. The smallest absolute Gasteiger partial charge is 0.328 e. The van der Waals surface area contributed by atoms with Gasteiger partial charge < -0.3 is 15.0 Å². The molecule has 6 nitrogen and oxygen atoms in total. The Morgan fingerprint density at radius 1 is 0.917 bits per heavy atom. The van der Waals surface area contributed by atoms with E-state index in [-0.39, 0.29) is 24.3 Å². The van der Waals surface area contributed by atoms with Crippen LogP contribution >= 0.6 is 0 Å². The van der Waals surface area contributed by atoms with Gasteiger partial charge in [-0.15, -0.1) is 0 Å². The fourth-order valence-electron chi connectivity index (χ4n) is 4.75. The molecule has 36 heavy (non-hydrogen) atoms. The highest BCUT2D eigenvalue weighted by Crippen LogP contribution is 2.31. The molecule has 6 heteroatoms. The Labute approximate surface area is 212 Å². The van der Waals surface area contributed by atoms with Crippen molar-refractivity contribution in [3.8, 4) is 11.1 Å². The van der Waals surface area contributed by atoms with Crippen LogP contribution in [0, 0.1) is 0 Å². The van der Waals surface area contributed by atoms with E-state index >= 15 is 0 Å². The second-order valence-electron chi connectivity index (χ2n) is 9.07. The van der Waals surface area contributed by atoms with Crippen molar-refractivity contribution >= 4 is 17.8 Å². The zero-order chi connectivity index (χ0) is 25.3. The number of hydrogen-bond donors (Lipinski definition) is 1. The first-order chi connectivity index (χ1) is 17.5. The largest absolute Gasteiger partial charge is 0.467 e. The summed E-state index contributed by atoms with van der Waals surface area (Å²) in [6.07, 6.45) is 2.38. The molecule has 3 aromatic carbocycles. The van der Waals surface area contributed by atoms with Gasteiger partial charge in [-0.25, -0.2) is 4.79 Å². The highest BCUT2D eigenvalue weighted by atomic mass is 16.5. The van der Waals surface area contributed by atoms with Crippen LogP contribution in [-0.2, 0) is 25.5 Å². The van der Waals surface area contributed by atoms with Gasteiger partial charge in [0.25, 0.3) is 0 Å². The van der Waals surface area contributed by atoms with Crippen molar-refractivity contribution in [3.63, 3.8) is 0 Å². The molecular weight excluding hydrogens is 452 g/mol. The van der Waals surface area contributed by atoms with Gasteiger partial charge in [0, 0.05) is 25.8 Å². The van der Waals surface area contributed by atoms with Gasteiger partial charge in [0.15, 0.2) is 0 Å². The lowest BCUT2D eigenvalue weighted by atomic mass is 9.97. The zero-order valence-electron chi connectivity index (χ0n) is 20.6. The van der Waals surface area contributed by atoms with Crippen LogP contribution in [0.1, 0.15) is 42.9 Å². The Bertz CT molecular complexity index is 1160. The molecule has 1 fully saturated rings. The van der Waals surface area contributed by atoms with Gasteiger partial charge in [-0.05, 0) is 35.1 Å². The number of hydrogen-bond acceptors (Lipinski definition) is 4. The van der Waals surface area contributed by atoms with Crippen LogP contribution in [0.15, 0.2) is 84.9 Å². The third-order valence-electron chi connectivity index (χ3n) is 6.64. The lowest BCUT2D eigenvalue weighted by molar-refractivity contribution is -0.145. The molecule has 0 saturated carbocycles. The molecule has 3 aromatic rings. The maximum absolute atomic E-state index is 12.9. The van der Waals surface area contributed by atoms with E-state index in [1.807, 2.05) is 65.6 Å². The van der Waals surface area contributed by atoms with Crippen LogP contribution in [0.5, 0.6) is 0 Å². The lowest BCUT2D eigenvalue weighted by Crippen LogP contribution is -2.43. The van der Waals surface area contributed by atoms with Crippen molar-refractivity contribution in [2.24, 2.45) is 0 Å². The number of esters is 1. The first-order valence-electron chi connectivity index (χ1n) is 12.4. The van der Waals surface area contributed by atoms with Crippen LogP contribution in [0.25, 0.3) is 11.1 Å². The number of ether oxygens (including phenoxy) is 1. The van der Waals surface area contributed by atoms with Crippen LogP contribution < -0.4 is 5.32 Å². The summed E-state index contributed by atoms with van der Waals surface area (Å²) < 4.78 is 4.92. The third kappa shape index (κ3) is 6.39. The molecule has 2 unspecified atom stereocenters. The second-order valence-corrected chi connectivity index (χ2v) is 9.07. The number of carbonyl (C=O) groups excluding carboxylic acids is 3. The fraction of sp³-hybridized carbons (Fsp3) is 0.300. The highest BCUT2D eigenvalue weighted by molar-refractivity contribution is 5.85. The Morgan fingerprint density at radius 3 is 2.17 bits per heavy atom. The maximum Gasteiger partial charge on any atom is 0.328 e. The SMILES string of the molecule is COC(=O)C(Cc1ccccc1)NC(=O)CCC(c1ccc(-c2ccccc2)cc1)N1CCCC1=O. The van der Waals surface area contributed by atoms with Crippen molar-refractivity contribution in [1.82, 2.24) is 10.2 Å². The van der Waals surface area contributed by atoms with Crippen molar-refractivity contribution in [2.75, 3.05) is 13.7 Å². The number of nitrogens with zero attached hydrogens (tertiary/aromatic N) is 1. The molecule has 0 aromatic heterocycles. The number of carbonyl (C=O) groups is 3. The van der Waals surface area contributed by atoms with Gasteiger partial charge in [0.2, 0.25) is 11.8 Å². The normalized spacial score (nSPS) is 14.8. The second kappa shape index (κ2) is 12.2. The number of likely N-dealkylation sites (tertiary alicyclic amines) is 1. The first-order valence-corrected chi connectivity index (χ1v) is 12.4. The van der Waals surface area contributed by atoms with Gasteiger partial charge in [-0.1, -0.05) is 84.9 Å². The summed E-state index contributed by atoms with van der Waals surface area (Å²) in [4.78, 5) is 39.7. The van der Waals surface area contributed by atoms with Gasteiger partial charge in [-0.2, -0.15) is 0 Å². The minimum atomic E-state index is -0.762. The van der Waals surface area contributed by atoms with Gasteiger partial charge in [0.05, 0.1) is 13.2 Å². The standard InChI is InChI=1S/C30H32N2O4/c1-36-30(35)26(21-22-9-4-2-5-10-22)31-28(33)19-18-27(32-20-8-13-29(32)34)25-16-14-24(15-17-25)23-11-6-3-7-12-23/h2-7,9-12,14-17,26-27H,8,13,18-21H2,1H3,(H,31,33). The quantitative estimate of drug-likeness (QED) is 0.424. The van der Waals surface area contributed by atoms with Crippen molar-refractivity contribution < 1.29 is 19.1 Å². The predicted molar refractivity (Wildman–Crippen MR) is 139 cm³/mol. The fourth-order valence-corrected chi connectivity index (χ4v) is 4.75. The Balaban J connectivity index is 1.45. The van der Waals surface area contributed by atoms with Gasteiger partial charge in [0.1, 0.15) is 6.04 Å². The Hall–Kier alpha value is -3.93. The summed E-state index contributed by atoms with van der Waals surface area (Å²) in [5.74, 6) is -0.599. The molecule has 1 aliphatic rings. The van der Waals surface area contributed by atoms with E-state index in [0.29, 0.717) is 25.8 Å². The predicted octanol–water partition coefficient (Wildman–Crippen LogP) is 4.70. The number of methoxy groups -OCH3 is 1. The summed E-state index contributed by atoms with van der Waals surface area (Å²) in [6, 6.07) is 26.9. The number of benzene rings is 3. The number of nitrogens with one attached hydrogen (secondary N) is 1. The molecule has 1 aliphatic heterocycles. The Kier molecular flexibility index (Phi) is 8.50. The van der Waals surface area contributed by atoms with E-state index in [0.717, 1.165) is 28.7 Å². The van der Waals surface area contributed by atoms with Crippen LogP contribution in [0.4, 0.5) is 0 Å². The molecule has 1 heterocycles. The summed E-state index contributed by atoms with van der Waals surface area (Å²) in [5.41, 5.74) is 4.17. The van der Waals surface area contributed by atoms with Crippen LogP contribution in [0.2, 0.25) is 0 Å². The van der Waals surface area contributed by atoms with Crippen molar-refractivity contribution in [1.29, 1.82) is 0 Å². The molecule has 0 aliphatic carbocycles.